The molecule has 2 bridgehead atoms. The fraction of sp³-hybridized carbons (Fsp3) is 0.697. The molecule has 1 heterocycles. The topological polar surface area (TPSA) is 66.8 Å². The summed E-state index contributed by atoms with van der Waals surface area (Å²) in [5.41, 5.74) is 3.58. The van der Waals surface area contributed by atoms with E-state index in [-0.39, 0.29) is 23.3 Å². The molecule has 5 nitrogen and oxygen atoms in total. The number of Topliss-reactive ketones (excluding diaryl/α,β-unsaturated/α-hetero) is 1. The van der Waals surface area contributed by atoms with Gasteiger partial charge in [-0.25, -0.2) is 4.79 Å². The van der Waals surface area contributed by atoms with Crippen LogP contribution in [0, 0.1) is 11.3 Å². The van der Waals surface area contributed by atoms with Crippen LogP contribution in [0.4, 0.5) is 4.79 Å². The van der Waals surface area contributed by atoms with Crippen molar-refractivity contribution in [3.8, 4) is 0 Å². The van der Waals surface area contributed by atoms with Gasteiger partial charge in [0.05, 0.1) is 12.6 Å². The smallest absolute Gasteiger partial charge is 0.410 e. The minimum atomic E-state index is -0.525. The van der Waals surface area contributed by atoms with Gasteiger partial charge in [0.15, 0.2) is 5.78 Å². The molecule has 5 aliphatic rings. The molecule has 4 aliphatic carbocycles. The molecule has 38 heavy (non-hydrogen) atoms. The maximum absolute atomic E-state index is 14.1. The van der Waals surface area contributed by atoms with Crippen LogP contribution in [0.3, 0.4) is 0 Å². The van der Waals surface area contributed by atoms with Crippen LogP contribution >= 0.6 is 0 Å². The molecule has 1 amide bonds. The van der Waals surface area contributed by atoms with Crippen LogP contribution in [0.25, 0.3) is 0 Å². The second kappa shape index (κ2) is 11.2. The third-order valence-corrected chi connectivity index (χ3v) is 10.4. The van der Waals surface area contributed by atoms with Gasteiger partial charge < -0.3 is 14.7 Å². The molecule has 0 unspecified atom stereocenters. The van der Waals surface area contributed by atoms with Gasteiger partial charge >= 0.3 is 6.09 Å². The number of hydrogen-bond donors (Lipinski definition) is 1. The predicted octanol–water partition coefficient (Wildman–Crippen LogP) is 7.36. The zero-order valence-electron chi connectivity index (χ0n) is 23.8. The van der Waals surface area contributed by atoms with Crippen LogP contribution in [-0.2, 0) is 11.2 Å². The normalized spacial score (nSPS) is 32.7. The Morgan fingerprint density at radius 1 is 1.13 bits per heavy atom. The number of nitrogens with zero attached hydrogens (tertiary/aromatic N) is 1. The van der Waals surface area contributed by atoms with Gasteiger partial charge in [0, 0.05) is 23.4 Å². The van der Waals surface area contributed by atoms with Gasteiger partial charge in [-0.3, -0.25) is 4.79 Å². The largest absolute Gasteiger partial charge is 0.440 e. The average molecular weight is 522 g/mol. The van der Waals surface area contributed by atoms with E-state index in [2.05, 4.69) is 45.0 Å². The van der Waals surface area contributed by atoms with E-state index >= 15 is 0 Å². The Bertz CT molecular complexity index is 1070. The number of carbonyl (C=O) groups is 2. The number of fused-ring (bicyclic) bond motifs is 8. The van der Waals surface area contributed by atoms with Crippen molar-refractivity contribution >= 4 is 11.9 Å². The van der Waals surface area contributed by atoms with Crippen molar-refractivity contribution in [2.75, 3.05) is 13.1 Å². The number of hydrogen-bond acceptors (Lipinski definition) is 4. The Morgan fingerprint density at radius 2 is 1.92 bits per heavy atom. The first-order valence-corrected chi connectivity index (χ1v) is 15.2. The van der Waals surface area contributed by atoms with Crippen molar-refractivity contribution < 1.29 is 19.4 Å². The first-order valence-electron chi connectivity index (χ1n) is 15.2. The van der Waals surface area contributed by atoms with Gasteiger partial charge in [0.25, 0.3) is 0 Å². The number of ketones is 1. The van der Waals surface area contributed by atoms with Gasteiger partial charge in [-0.15, -0.1) is 0 Å². The number of amides is 1. The molecule has 1 saturated heterocycles. The SMILES string of the molecule is CCCN1C[C@@]2(CC[C@H]3c4ccc(cc4C(=O)C4CCCCC4)C[C@@H](O)CCC(C)=CCC[C@@]32C)OC1=O. The van der Waals surface area contributed by atoms with Crippen LogP contribution in [0.1, 0.15) is 125 Å². The van der Waals surface area contributed by atoms with Gasteiger partial charge in [-0.2, -0.15) is 0 Å². The van der Waals surface area contributed by atoms with Crippen LogP contribution in [0.15, 0.2) is 29.8 Å². The molecular formula is C33H47NO4. The molecule has 2 saturated carbocycles. The Hall–Kier alpha value is -2.14. The zero-order chi connectivity index (χ0) is 26.9. The molecule has 1 N–H and O–H groups in total. The second-order valence-corrected chi connectivity index (χ2v) is 12.9. The number of ether oxygens (including phenoxy) is 1. The Labute approximate surface area is 229 Å². The quantitative estimate of drug-likeness (QED) is 0.332. The van der Waals surface area contributed by atoms with E-state index in [9.17, 15) is 14.7 Å². The molecule has 5 heteroatoms. The molecule has 1 aromatic rings. The van der Waals surface area contributed by atoms with E-state index in [1.54, 1.807) is 0 Å². The molecular weight excluding hydrogens is 474 g/mol. The number of benzene rings is 1. The molecule has 4 atom stereocenters. The lowest BCUT2D eigenvalue weighted by Gasteiger charge is -2.43. The minimum absolute atomic E-state index is 0.0955. The molecule has 1 aromatic carbocycles. The number of allylic oxidation sites excluding steroid dienone is 2. The van der Waals surface area contributed by atoms with Gasteiger partial charge in [-0.05, 0) is 94.2 Å². The average Bonchev–Trinajstić information content (AvgIpc) is 3.38. The lowest BCUT2D eigenvalue weighted by Crippen LogP contribution is -2.48. The molecule has 208 valence electrons. The van der Waals surface area contributed by atoms with Crippen molar-refractivity contribution in [3.05, 3.63) is 46.5 Å². The summed E-state index contributed by atoms with van der Waals surface area (Å²) < 4.78 is 6.36. The maximum atomic E-state index is 14.1. The fourth-order valence-electron chi connectivity index (χ4n) is 8.03. The van der Waals surface area contributed by atoms with Crippen LogP contribution < -0.4 is 0 Å². The van der Waals surface area contributed by atoms with E-state index in [4.69, 9.17) is 4.74 Å². The zero-order valence-corrected chi connectivity index (χ0v) is 23.8. The maximum Gasteiger partial charge on any atom is 0.410 e. The summed E-state index contributed by atoms with van der Waals surface area (Å²) in [5, 5.41) is 10.8. The summed E-state index contributed by atoms with van der Waals surface area (Å²) in [5.74, 6) is 0.534. The van der Waals surface area contributed by atoms with E-state index in [0.29, 0.717) is 18.7 Å². The summed E-state index contributed by atoms with van der Waals surface area (Å²) in [4.78, 5) is 29.0. The first-order chi connectivity index (χ1) is 18.3. The van der Waals surface area contributed by atoms with Crippen molar-refractivity contribution in [1.82, 2.24) is 4.90 Å². The summed E-state index contributed by atoms with van der Waals surface area (Å²) in [6.07, 6.45) is 13.8. The molecule has 0 aromatic heterocycles. The van der Waals surface area contributed by atoms with E-state index in [0.717, 1.165) is 93.9 Å². The monoisotopic (exact) mass is 521 g/mol. The number of rotatable bonds is 4. The highest BCUT2D eigenvalue weighted by Gasteiger charge is 2.63. The summed E-state index contributed by atoms with van der Waals surface area (Å²) in [7, 11) is 0. The highest BCUT2D eigenvalue weighted by molar-refractivity contribution is 5.99. The van der Waals surface area contributed by atoms with Crippen molar-refractivity contribution in [1.29, 1.82) is 0 Å². The third-order valence-electron chi connectivity index (χ3n) is 10.4. The molecule has 6 rings (SSSR count). The fourth-order valence-corrected chi connectivity index (χ4v) is 8.03. The van der Waals surface area contributed by atoms with Crippen molar-refractivity contribution in [2.24, 2.45) is 11.3 Å². The summed E-state index contributed by atoms with van der Waals surface area (Å²) in [6.45, 7) is 7.97. The molecule has 1 spiro atoms. The van der Waals surface area contributed by atoms with Gasteiger partial charge in [-0.1, -0.05) is 56.9 Å². The van der Waals surface area contributed by atoms with Crippen molar-refractivity contribution in [3.63, 3.8) is 0 Å². The Balaban J connectivity index is 1.59. The second-order valence-electron chi connectivity index (χ2n) is 12.9. The van der Waals surface area contributed by atoms with Crippen LogP contribution in [-0.4, -0.2) is 46.7 Å². The Morgan fingerprint density at radius 3 is 2.68 bits per heavy atom. The van der Waals surface area contributed by atoms with Gasteiger partial charge in [0.2, 0.25) is 0 Å². The lowest BCUT2D eigenvalue weighted by molar-refractivity contribution is -0.0373. The van der Waals surface area contributed by atoms with Crippen molar-refractivity contribution in [2.45, 2.75) is 122 Å². The summed E-state index contributed by atoms with van der Waals surface area (Å²) in [6, 6.07) is 6.44. The standard InChI is InChI=1S/C33H47NO4/c1-4-19-34-22-33(38-31(34)37)18-16-29-27-15-13-24(21-28(27)30(36)25-10-6-5-7-11-25)20-26(35)14-12-23(2)9-8-17-32(29,33)3/h9,13,15,21,25-26,29,35H,4-8,10-12,14,16-20,22H2,1-3H3/t26-,29-,32-,33+/m0/s1. The lowest BCUT2D eigenvalue weighted by atomic mass is 9.64. The number of carbonyl (C=O) groups excluding carboxylic acids is 2. The Kier molecular flexibility index (Phi) is 8.05. The van der Waals surface area contributed by atoms with Gasteiger partial charge in [0.1, 0.15) is 5.60 Å². The highest BCUT2D eigenvalue weighted by atomic mass is 16.6. The third kappa shape index (κ3) is 5.08. The molecule has 3 fully saturated rings. The first kappa shape index (κ1) is 27.4. The predicted molar refractivity (Wildman–Crippen MR) is 150 cm³/mol. The number of aliphatic hydroxyl groups excluding tert-OH is 1. The number of aliphatic hydroxyl groups is 1. The molecule has 0 radical (unpaired) electrons. The highest BCUT2D eigenvalue weighted by Crippen LogP contribution is 2.61. The minimum Gasteiger partial charge on any atom is -0.440 e. The molecule has 1 aliphatic heterocycles. The van der Waals surface area contributed by atoms with Crippen LogP contribution in [0.2, 0.25) is 0 Å². The van der Waals surface area contributed by atoms with E-state index in [1.807, 2.05) is 4.90 Å². The van der Waals surface area contributed by atoms with E-state index in [1.165, 1.54) is 12.0 Å². The summed E-state index contributed by atoms with van der Waals surface area (Å²) >= 11 is 0. The van der Waals surface area contributed by atoms with E-state index < -0.39 is 11.7 Å². The van der Waals surface area contributed by atoms with Crippen LogP contribution in [0.5, 0.6) is 0 Å².